The van der Waals surface area contributed by atoms with Crippen LogP contribution in [0.3, 0.4) is 0 Å². The molecule has 0 spiro atoms. The van der Waals surface area contributed by atoms with Crippen molar-refractivity contribution in [3.63, 3.8) is 0 Å². The van der Waals surface area contributed by atoms with Crippen LogP contribution in [0.25, 0.3) is 0 Å². The van der Waals surface area contributed by atoms with Gasteiger partial charge in [0, 0.05) is 0 Å². The van der Waals surface area contributed by atoms with Crippen molar-refractivity contribution in [3.05, 3.63) is 12.2 Å². The molecule has 0 radical (unpaired) electrons. The Morgan fingerprint density at radius 2 is 1.88 bits per heavy atom. The van der Waals surface area contributed by atoms with Gasteiger partial charge in [-0.2, -0.15) is 13.2 Å². The fourth-order valence-electron chi connectivity index (χ4n) is 1.92. The number of ether oxygens (including phenoxy) is 1. The van der Waals surface area contributed by atoms with E-state index >= 15 is 0 Å². The number of rotatable bonds is 3. The Morgan fingerprint density at radius 3 is 2.25 bits per heavy atom. The van der Waals surface area contributed by atoms with E-state index in [1.165, 1.54) is 0 Å². The van der Waals surface area contributed by atoms with Crippen LogP contribution in [0.5, 0.6) is 0 Å². The van der Waals surface area contributed by atoms with Gasteiger partial charge in [-0.1, -0.05) is 13.5 Å². The molecule has 92 valence electrons. The summed E-state index contributed by atoms with van der Waals surface area (Å²) in [6.07, 6.45) is -1.10. The van der Waals surface area contributed by atoms with Crippen molar-refractivity contribution in [1.29, 1.82) is 0 Å². The van der Waals surface area contributed by atoms with E-state index in [4.69, 9.17) is 4.74 Å². The van der Waals surface area contributed by atoms with Gasteiger partial charge in [0.15, 0.2) is 0 Å². The zero-order chi connectivity index (χ0) is 12.4. The van der Waals surface area contributed by atoms with E-state index in [2.05, 4.69) is 6.58 Å². The van der Waals surface area contributed by atoms with Gasteiger partial charge in [0.05, 0.1) is 0 Å². The van der Waals surface area contributed by atoms with Crippen LogP contribution in [0.4, 0.5) is 13.2 Å². The molecule has 16 heavy (non-hydrogen) atoms. The largest absolute Gasteiger partial charge is 0.456 e. The maximum atomic E-state index is 12.2. The van der Waals surface area contributed by atoms with Crippen molar-refractivity contribution < 1.29 is 22.7 Å². The number of esters is 1. The number of hydrogen-bond acceptors (Lipinski definition) is 2. The number of alkyl halides is 3. The van der Waals surface area contributed by atoms with Gasteiger partial charge in [-0.25, -0.2) is 4.79 Å². The standard InChI is InChI=1S/C11H15F3O2/c1-3-10(6-4-5-7-10)16-9(15)8(2)11(12,13)14/h2-7H2,1H3. The molecule has 0 aromatic rings. The van der Waals surface area contributed by atoms with Crippen molar-refractivity contribution in [1.82, 2.24) is 0 Å². The quantitative estimate of drug-likeness (QED) is 0.554. The summed E-state index contributed by atoms with van der Waals surface area (Å²) in [5.41, 5.74) is -2.13. The molecule has 0 aliphatic heterocycles. The predicted molar refractivity (Wildman–Crippen MR) is 52.8 cm³/mol. The number of halogens is 3. The van der Waals surface area contributed by atoms with E-state index in [-0.39, 0.29) is 0 Å². The molecule has 0 unspecified atom stereocenters. The smallest absolute Gasteiger partial charge is 0.422 e. The van der Waals surface area contributed by atoms with Gasteiger partial charge in [0.1, 0.15) is 11.2 Å². The Kier molecular flexibility index (Phi) is 3.65. The zero-order valence-electron chi connectivity index (χ0n) is 9.19. The summed E-state index contributed by atoms with van der Waals surface area (Å²) < 4.78 is 41.6. The first-order valence-electron chi connectivity index (χ1n) is 5.30. The zero-order valence-corrected chi connectivity index (χ0v) is 9.19. The van der Waals surface area contributed by atoms with Crippen LogP contribution in [0, 0.1) is 0 Å². The third kappa shape index (κ3) is 2.77. The highest BCUT2D eigenvalue weighted by molar-refractivity contribution is 5.89. The van der Waals surface area contributed by atoms with Gasteiger partial charge in [-0.15, -0.1) is 0 Å². The van der Waals surface area contributed by atoms with Gasteiger partial charge in [0.25, 0.3) is 0 Å². The Morgan fingerprint density at radius 1 is 1.38 bits per heavy atom. The van der Waals surface area contributed by atoms with E-state index in [1.54, 1.807) is 0 Å². The van der Waals surface area contributed by atoms with Gasteiger partial charge in [0.2, 0.25) is 0 Å². The summed E-state index contributed by atoms with van der Waals surface area (Å²) >= 11 is 0. The van der Waals surface area contributed by atoms with Crippen molar-refractivity contribution in [2.75, 3.05) is 0 Å². The highest BCUT2D eigenvalue weighted by atomic mass is 19.4. The highest BCUT2D eigenvalue weighted by Crippen LogP contribution is 2.37. The lowest BCUT2D eigenvalue weighted by Gasteiger charge is -2.28. The summed E-state index contributed by atoms with van der Waals surface area (Å²) in [5.74, 6) is -1.34. The lowest BCUT2D eigenvalue weighted by molar-refractivity contribution is -0.164. The fraction of sp³-hybridized carbons (Fsp3) is 0.727. The lowest BCUT2D eigenvalue weighted by atomic mass is 9.99. The molecule has 0 aromatic heterocycles. The number of carbonyl (C=O) groups is 1. The average Bonchev–Trinajstić information content (AvgIpc) is 2.64. The van der Waals surface area contributed by atoms with Gasteiger partial charge in [-0.3, -0.25) is 0 Å². The second kappa shape index (κ2) is 4.47. The van der Waals surface area contributed by atoms with E-state index in [1.807, 2.05) is 6.92 Å². The van der Waals surface area contributed by atoms with Gasteiger partial charge >= 0.3 is 12.1 Å². The highest BCUT2D eigenvalue weighted by Gasteiger charge is 2.42. The molecule has 0 atom stereocenters. The van der Waals surface area contributed by atoms with Gasteiger partial charge in [-0.05, 0) is 32.1 Å². The number of carbonyl (C=O) groups excluding carboxylic acids is 1. The van der Waals surface area contributed by atoms with Crippen LogP contribution < -0.4 is 0 Å². The predicted octanol–water partition coefficient (Wildman–Crippen LogP) is 3.37. The first-order chi connectivity index (χ1) is 7.31. The molecular weight excluding hydrogens is 221 g/mol. The minimum absolute atomic E-state index is 0.546. The van der Waals surface area contributed by atoms with Crippen molar-refractivity contribution in [2.24, 2.45) is 0 Å². The molecule has 2 nitrogen and oxygen atoms in total. The Bertz CT molecular complexity index is 288. The van der Waals surface area contributed by atoms with E-state index in [0.29, 0.717) is 19.3 Å². The third-order valence-electron chi connectivity index (χ3n) is 3.06. The fourth-order valence-corrected chi connectivity index (χ4v) is 1.92. The minimum atomic E-state index is -4.70. The molecule has 0 bridgehead atoms. The van der Waals surface area contributed by atoms with Crippen LogP contribution in [0.1, 0.15) is 39.0 Å². The first-order valence-corrected chi connectivity index (χ1v) is 5.30. The second-order valence-electron chi connectivity index (χ2n) is 4.11. The summed E-state index contributed by atoms with van der Waals surface area (Å²) in [4.78, 5) is 11.3. The maximum absolute atomic E-state index is 12.2. The third-order valence-corrected chi connectivity index (χ3v) is 3.06. The summed E-state index contributed by atoms with van der Waals surface area (Å²) in [6.45, 7) is 4.55. The number of hydrogen-bond donors (Lipinski definition) is 0. The average molecular weight is 236 g/mol. The monoisotopic (exact) mass is 236 g/mol. The normalized spacial score (nSPS) is 19.5. The van der Waals surface area contributed by atoms with E-state index in [0.717, 1.165) is 12.8 Å². The Labute approximate surface area is 92.5 Å². The van der Waals surface area contributed by atoms with Crippen LogP contribution in [-0.2, 0) is 9.53 Å². The van der Waals surface area contributed by atoms with Crippen LogP contribution >= 0.6 is 0 Å². The second-order valence-corrected chi connectivity index (χ2v) is 4.11. The molecule has 0 N–H and O–H groups in total. The molecule has 1 rings (SSSR count). The molecule has 5 heteroatoms. The van der Waals surface area contributed by atoms with Crippen molar-refractivity contribution in [3.8, 4) is 0 Å². The molecule has 0 aromatic carbocycles. The topological polar surface area (TPSA) is 26.3 Å². The molecular formula is C11H15F3O2. The molecule has 0 saturated heterocycles. The van der Waals surface area contributed by atoms with E-state index in [9.17, 15) is 18.0 Å². The lowest BCUT2D eigenvalue weighted by Crippen LogP contribution is -2.34. The summed E-state index contributed by atoms with van der Waals surface area (Å²) in [6, 6.07) is 0. The Balaban J connectivity index is 2.66. The van der Waals surface area contributed by atoms with Crippen LogP contribution in [0.2, 0.25) is 0 Å². The minimum Gasteiger partial charge on any atom is -0.456 e. The molecule has 1 aliphatic rings. The maximum Gasteiger partial charge on any atom is 0.422 e. The van der Waals surface area contributed by atoms with Crippen molar-refractivity contribution in [2.45, 2.75) is 50.8 Å². The molecule has 1 saturated carbocycles. The van der Waals surface area contributed by atoms with Crippen LogP contribution in [-0.4, -0.2) is 17.7 Å². The summed E-state index contributed by atoms with van der Waals surface area (Å²) in [5, 5.41) is 0. The first kappa shape index (κ1) is 13.1. The Hall–Kier alpha value is -1.00. The molecule has 1 fully saturated rings. The molecule has 1 aliphatic carbocycles. The summed E-state index contributed by atoms with van der Waals surface area (Å²) in [7, 11) is 0. The van der Waals surface area contributed by atoms with E-state index < -0.39 is 23.3 Å². The van der Waals surface area contributed by atoms with Gasteiger partial charge < -0.3 is 4.74 Å². The molecule has 0 heterocycles. The van der Waals surface area contributed by atoms with Crippen LogP contribution in [0.15, 0.2) is 12.2 Å². The molecule has 0 amide bonds. The van der Waals surface area contributed by atoms with Crippen molar-refractivity contribution >= 4 is 5.97 Å². The SMILES string of the molecule is C=C(C(=O)OC1(CC)CCCC1)C(F)(F)F.